The fourth-order valence-electron chi connectivity index (χ4n) is 2.52. The predicted octanol–water partition coefficient (Wildman–Crippen LogP) is 4.40. The fraction of sp³-hybridized carbons (Fsp3) is 0.0500. The van der Waals surface area contributed by atoms with Gasteiger partial charge in [-0.05, 0) is 24.3 Å². The number of aromatic nitrogens is 3. The zero-order valence-corrected chi connectivity index (χ0v) is 13.4. The molecule has 0 spiro atoms. The lowest BCUT2D eigenvalue weighted by Crippen LogP contribution is -1.98. The molecule has 0 N–H and O–H groups in total. The largest absolute Gasteiger partial charge is 0.489 e. The average Bonchev–Trinajstić information content (AvgIpc) is 2.67. The predicted molar refractivity (Wildman–Crippen MR) is 94.6 cm³/mol. The SMILES string of the molecule is c1cnc(Oc2cccc(OCc3cccc4cccnc34)c2)nc1. The van der Waals surface area contributed by atoms with Crippen molar-refractivity contribution in [3.63, 3.8) is 0 Å². The zero-order valence-electron chi connectivity index (χ0n) is 13.4. The van der Waals surface area contributed by atoms with Gasteiger partial charge in [-0.1, -0.05) is 30.3 Å². The van der Waals surface area contributed by atoms with Gasteiger partial charge in [0, 0.05) is 35.6 Å². The van der Waals surface area contributed by atoms with Gasteiger partial charge in [0.05, 0.1) is 5.52 Å². The van der Waals surface area contributed by atoms with Gasteiger partial charge in [0.25, 0.3) is 0 Å². The molecular formula is C20H15N3O2. The van der Waals surface area contributed by atoms with Crippen molar-refractivity contribution in [2.24, 2.45) is 0 Å². The summed E-state index contributed by atoms with van der Waals surface area (Å²) in [7, 11) is 0. The molecule has 0 amide bonds. The van der Waals surface area contributed by atoms with Crippen molar-refractivity contribution in [2.75, 3.05) is 0 Å². The molecule has 4 rings (SSSR count). The Morgan fingerprint density at radius 2 is 1.48 bits per heavy atom. The number of hydrogen-bond acceptors (Lipinski definition) is 5. The third kappa shape index (κ3) is 3.55. The fourth-order valence-corrected chi connectivity index (χ4v) is 2.52. The molecule has 0 aliphatic rings. The van der Waals surface area contributed by atoms with E-state index in [9.17, 15) is 0 Å². The van der Waals surface area contributed by atoms with E-state index in [1.54, 1.807) is 24.7 Å². The summed E-state index contributed by atoms with van der Waals surface area (Å²) in [6, 6.07) is 19.5. The van der Waals surface area contributed by atoms with Crippen molar-refractivity contribution in [3.05, 3.63) is 84.8 Å². The van der Waals surface area contributed by atoms with E-state index in [1.807, 2.05) is 54.6 Å². The normalized spacial score (nSPS) is 10.6. The number of ether oxygens (including phenoxy) is 2. The smallest absolute Gasteiger partial charge is 0.321 e. The summed E-state index contributed by atoms with van der Waals surface area (Å²) in [4.78, 5) is 12.5. The maximum absolute atomic E-state index is 5.92. The number of benzene rings is 2. The highest BCUT2D eigenvalue weighted by molar-refractivity contribution is 5.81. The number of rotatable bonds is 5. The molecular weight excluding hydrogens is 314 g/mol. The molecule has 2 aromatic heterocycles. The van der Waals surface area contributed by atoms with Crippen molar-refractivity contribution in [1.82, 2.24) is 15.0 Å². The quantitative estimate of drug-likeness (QED) is 0.543. The van der Waals surface area contributed by atoms with Crippen LogP contribution in [0.3, 0.4) is 0 Å². The van der Waals surface area contributed by atoms with Crippen molar-refractivity contribution in [1.29, 1.82) is 0 Å². The minimum Gasteiger partial charge on any atom is -0.489 e. The van der Waals surface area contributed by atoms with Crippen LogP contribution in [0.5, 0.6) is 17.5 Å². The first-order valence-electron chi connectivity index (χ1n) is 7.89. The Bertz CT molecular complexity index is 985. The van der Waals surface area contributed by atoms with Crippen molar-refractivity contribution in [3.8, 4) is 17.5 Å². The molecule has 0 aliphatic carbocycles. The van der Waals surface area contributed by atoms with E-state index in [0.29, 0.717) is 24.1 Å². The van der Waals surface area contributed by atoms with Gasteiger partial charge in [-0.25, -0.2) is 9.97 Å². The second-order valence-corrected chi connectivity index (χ2v) is 5.39. The summed E-state index contributed by atoms with van der Waals surface area (Å²) in [6.45, 7) is 0.430. The molecule has 5 nitrogen and oxygen atoms in total. The highest BCUT2D eigenvalue weighted by Crippen LogP contribution is 2.24. The first kappa shape index (κ1) is 15.1. The van der Waals surface area contributed by atoms with Gasteiger partial charge in [0.2, 0.25) is 0 Å². The highest BCUT2D eigenvalue weighted by atomic mass is 16.5. The molecule has 0 saturated heterocycles. The standard InChI is InChI=1S/C20H15N3O2/c1-5-15-7-3-10-21-19(15)16(6-1)14-24-17-8-2-9-18(13-17)25-20-22-11-4-12-23-20/h1-13H,14H2. The number of fused-ring (bicyclic) bond motifs is 1. The van der Waals surface area contributed by atoms with E-state index in [4.69, 9.17) is 9.47 Å². The maximum Gasteiger partial charge on any atom is 0.321 e. The molecule has 25 heavy (non-hydrogen) atoms. The van der Waals surface area contributed by atoms with Crippen LogP contribution >= 0.6 is 0 Å². The van der Waals surface area contributed by atoms with Gasteiger partial charge in [0.1, 0.15) is 18.1 Å². The monoisotopic (exact) mass is 329 g/mol. The van der Waals surface area contributed by atoms with E-state index in [1.165, 1.54) is 0 Å². The molecule has 0 radical (unpaired) electrons. The van der Waals surface area contributed by atoms with Crippen LogP contribution in [0.15, 0.2) is 79.3 Å². The minimum atomic E-state index is 0.304. The van der Waals surface area contributed by atoms with Gasteiger partial charge in [0.15, 0.2) is 0 Å². The van der Waals surface area contributed by atoms with Crippen LogP contribution in [0, 0.1) is 0 Å². The van der Waals surface area contributed by atoms with E-state index < -0.39 is 0 Å². The lowest BCUT2D eigenvalue weighted by molar-refractivity contribution is 0.305. The van der Waals surface area contributed by atoms with Crippen LogP contribution in [0.25, 0.3) is 10.9 Å². The van der Waals surface area contributed by atoms with Crippen LogP contribution < -0.4 is 9.47 Å². The van der Waals surface area contributed by atoms with Crippen molar-refractivity contribution >= 4 is 10.9 Å². The van der Waals surface area contributed by atoms with Gasteiger partial charge >= 0.3 is 6.01 Å². The van der Waals surface area contributed by atoms with Gasteiger partial charge in [-0.2, -0.15) is 0 Å². The Morgan fingerprint density at radius 3 is 2.40 bits per heavy atom. The van der Waals surface area contributed by atoms with Gasteiger partial charge in [-0.15, -0.1) is 0 Å². The Balaban J connectivity index is 1.50. The Morgan fingerprint density at radius 1 is 0.720 bits per heavy atom. The second-order valence-electron chi connectivity index (χ2n) is 5.39. The summed E-state index contributed by atoms with van der Waals surface area (Å²) >= 11 is 0. The molecule has 0 atom stereocenters. The molecule has 2 aromatic carbocycles. The van der Waals surface area contributed by atoms with Crippen LogP contribution in [-0.2, 0) is 6.61 Å². The molecule has 122 valence electrons. The van der Waals surface area contributed by atoms with E-state index in [0.717, 1.165) is 16.5 Å². The van der Waals surface area contributed by atoms with Crippen molar-refractivity contribution < 1.29 is 9.47 Å². The van der Waals surface area contributed by atoms with E-state index in [2.05, 4.69) is 15.0 Å². The van der Waals surface area contributed by atoms with E-state index in [-0.39, 0.29) is 0 Å². The Kier molecular flexibility index (Phi) is 4.20. The molecule has 0 aliphatic heterocycles. The Hall–Kier alpha value is -3.47. The highest BCUT2D eigenvalue weighted by Gasteiger charge is 2.05. The maximum atomic E-state index is 5.92. The zero-order chi connectivity index (χ0) is 16.9. The lowest BCUT2D eigenvalue weighted by atomic mass is 10.1. The van der Waals surface area contributed by atoms with E-state index >= 15 is 0 Å². The molecule has 4 aromatic rings. The summed E-state index contributed by atoms with van der Waals surface area (Å²) in [5.41, 5.74) is 1.99. The molecule has 0 bridgehead atoms. The number of nitrogens with zero attached hydrogens (tertiary/aromatic N) is 3. The minimum absolute atomic E-state index is 0.304. The summed E-state index contributed by atoms with van der Waals surface area (Å²) in [6.07, 6.45) is 5.06. The van der Waals surface area contributed by atoms with Crippen LogP contribution in [-0.4, -0.2) is 15.0 Å². The molecule has 2 heterocycles. The average molecular weight is 329 g/mol. The third-order valence-corrected chi connectivity index (χ3v) is 3.67. The number of hydrogen-bond donors (Lipinski definition) is 0. The lowest BCUT2D eigenvalue weighted by Gasteiger charge is -2.10. The molecule has 0 saturated carbocycles. The van der Waals surface area contributed by atoms with Crippen molar-refractivity contribution in [2.45, 2.75) is 6.61 Å². The number of para-hydroxylation sites is 1. The summed E-state index contributed by atoms with van der Waals surface area (Å²) < 4.78 is 11.5. The van der Waals surface area contributed by atoms with Crippen LogP contribution in [0.1, 0.15) is 5.56 Å². The first-order chi connectivity index (χ1) is 12.4. The van der Waals surface area contributed by atoms with Crippen LogP contribution in [0.2, 0.25) is 0 Å². The van der Waals surface area contributed by atoms with Gasteiger partial charge < -0.3 is 9.47 Å². The first-order valence-corrected chi connectivity index (χ1v) is 7.89. The second kappa shape index (κ2) is 6.97. The molecule has 0 unspecified atom stereocenters. The Labute approximate surface area is 144 Å². The summed E-state index contributed by atoms with van der Waals surface area (Å²) in [5, 5.41) is 1.10. The molecule has 0 fully saturated rings. The molecule has 5 heteroatoms. The number of pyridine rings is 1. The third-order valence-electron chi connectivity index (χ3n) is 3.67. The summed E-state index contributed by atoms with van der Waals surface area (Å²) in [5.74, 6) is 1.33. The topological polar surface area (TPSA) is 57.1 Å². The van der Waals surface area contributed by atoms with Crippen LogP contribution in [0.4, 0.5) is 0 Å². The van der Waals surface area contributed by atoms with Gasteiger partial charge in [-0.3, -0.25) is 4.98 Å².